The molecule has 1 aromatic rings. The van der Waals surface area contributed by atoms with Crippen LogP contribution in [0, 0.1) is 11.8 Å². The van der Waals surface area contributed by atoms with Gasteiger partial charge in [0, 0.05) is 24.4 Å². The molecule has 1 aromatic carbocycles. The molecule has 3 aliphatic rings. The van der Waals surface area contributed by atoms with E-state index >= 15 is 0 Å². The highest BCUT2D eigenvalue weighted by Gasteiger charge is 2.56. The van der Waals surface area contributed by atoms with Crippen LogP contribution in [0.1, 0.15) is 23.5 Å². The summed E-state index contributed by atoms with van der Waals surface area (Å²) < 4.78 is 11.6. The fourth-order valence-electron chi connectivity index (χ4n) is 4.39. The molecule has 0 aromatic heterocycles. The van der Waals surface area contributed by atoms with Crippen LogP contribution in [0.3, 0.4) is 0 Å². The van der Waals surface area contributed by atoms with Crippen molar-refractivity contribution in [1.82, 2.24) is 0 Å². The zero-order chi connectivity index (χ0) is 13.7. The first-order valence-electron chi connectivity index (χ1n) is 7.38. The second-order valence-corrected chi connectivity index (χ2v) is 6.15. The van der Waals surface area contributed by atoms with Crippen LogP contribution < -0.4 is 4.74 Å². The first kappa shape index (κ1) is 12.4. The van der Waals surface area contributed by atoms with E-state index in [1.54, 1.807) is 7.11 Å². The SMILES string of the molecule is COc1ccc2c(c1)CC[C@@]13OCC(C=CC21)[C@@H]3CO. The smallest absolute Gasteiger partial charge is 0.119 e. The normalized spacial score (nSPS) is 37.4. The highest BCUT2D eigenvalue weighted by atomic mass is 16.5. The average molecular weight is 272 g/mol. The minimum Gasteiger partial charge on any atom is -0.497 e. The summed E-state index contributed by atoms with van der Waals surface area (Å²) in [6, 6.07) is 6.34. The quantitative estimate of drug-likeness (QED) is 0.840. The van der Waals surface area contributed by atoms with Crippen molar-refractivity contribution in [3.8, 4) is 5.75 Å². The van der Waals surface area contributed by atoms with Crippen molar-refractivity contribution in [2.24, 2.45) is 11.8 Å². The van der Waals surface area contributed by atoms with Crippen molar-refractivity contribution in [3.05, 3.63) is 41.5 Å². The topological polar surface area (TPSA) is 38.7 Å². The molecule has 20 heavy (non-hydrogen) atoms. The van der Waals surface area contributed by atoms with Gasteiger partial charge in [-0.25, -0.2) is 0 Å². The number of ether oxygens (including phenoxy) is 2. The fraction of sp³-hybridized carbons (Fsp3) is 0.529. The highest BCUT2D eigenvalue weighted by molar-refractivity contribution is 5.45. The lowest BCUT2D eigenvalue weighted by Crippen LogP contribution is -2.48. The monoisotopic (exact) mass is 272 g/mol. The van der Waals surface area contributed by atoms with E-state index in [9.17, 15) is 5.11 Å². The third-order valence-corrected chi connectivity index (χ3v) is 5.43. The summed E-state index contributed by atoms with van der Waals surface area (Å²) in [5.41, 5.74) is 2.51. The van der Waals surface area contributed by atoms with Crippen LogP contribution in [0.5, 0.6) is 5.75 Å². The van der Waals surface area contributed by atoms with E-state index in [1.807, 2.05) is 6.07 Å². The van der Waals surface area contributed by atoms with Crippen molar-refractivity contribution in [2.45, 2.75) is 24.4 Å². The number of hydrogen-bond acceptors (Lipinski definition) is 3. The van der Waals surface area contributed by atoms with Gasteiger partial charge in [-0.3, -0.25) is 0 Å². The van der Waals surface area contributed by atoms with Gasteiger partial charge in [0.05, 0.1) is 19.3 Å². The first-order valence-corrected chi connectivity index (χ1v) is 7.38. The number of fused-ring (bicyclic) bond motifs is 3. The van der Waals surface area contributed by atoms with Gasteiger partial charge in [-0.15, -0.1) is 0 Å². The molecule has 2 aliphatic carbocycles. The van der Waals surface area contributed by atoms with Crippen LogP contribution in [0.4, 0.5) is 0 Å². The molecule has 106 valence electrons. The molecule has 1 aliphatic heterocycles. The predicted molar refractivity (Wildman–Crippen MR) is 75.9 cm³/mol. The van der Waals surface area contributed by atoms with Crippen LogP contribution in [0.25, 0.3) is 0 Å². The van der Waals surface area contributed by atoms with Crippen molar-refractivity contribution >= 4 is 0 Å². The number of methoxy groups -OCH3 is 1. The molecular formula is C17H20O3. The molecule has 3 nitrogen and oxygen atoms in total. The van der Waals surface area contributed by atoms with Crippen LogP contribution in [-0.4, -0.2) is 31.0 Å². The molecule has 2 bridgehead atoms. The van der Waals surface area contributed by atoms with Crippen LogP contribution in [0.2, 0.25) is 0 Å². The Morgan fingerprint density at radius 3 is 3.10 bits per heavy atom. The maximum absolute atomic E-state index is 9.80. The molecule has 4 atom stereocenters. The number of rotatable bonds is 2. The first-order chi connectivity index (χ1) is 9.78. The molecule has 4 rings (SSSR count). The zero-order valence-corrected chi connectivity index (χ0v) is 11.7. The summed E-state index contributed by atoms with van der Waals surface area (Å²) in [6.45, 7) is 0.973. The maximum atomic E-state index is 9.80. The van der Waals surface area contributed by atoms with E-state index < -0.39 is 0 Å². The maximum Gasteiger partial charge on any atom is 0.119 e. The van der Waals surface area contributed by atoms with Crippen LogP contribution in [0.15, 0.2) is 30.4 Å². The molecule has 2 unspecified atom stereocenters. The standard InChI is InChI=1S/C17H20O3/c1-19-13-3-4-14-11(8-13)6-7-17-15(14)5-2-12(10-20-17)16(17)9-18/h2-5,8,12,15-16,18H,6-7,9-10H2,1H3/t12?,15?,16-,17+/m0/s1. The molecule has 1 fully saturated rings. The largest absolute Gasteiger partial charge is 0.497 e. The second-order valence-electron chi connectivity index (χ2n) is 6.15. The van der Waals surface area contributed by atoms with Crippen molar-refractivity contribution in [1.29, 1.82) is 0 Å². The van der Waals surface area contributed by atoms with E-state index in [0.717, 1.165) is 25.2 Å². The molecule has 0 radical (unpaired) electrons. The molecule has 0 amide bonds. The van der Waals surface area contributed by atoms with E-state index in [4.69, 9.17) is 9.47 Å². The van der Waals surface area contributed by atoms with Gasteiger partial charge in [-0.2, -0.15) is 0 Å². The summed E-state index contributed by atoms with van der Waals surface area (Å²) in [4.78, 5) is 0. The minimum absolute atomic E-state index is 0.185. The Morgan fingerprint density at radius 2 is 2.30 bits per heavy atom. The number of aryl methyl sites for hydroxylation is 1. The number of benzene rings is 1. The minimum atomic E-state index is -0.185. The Morgan fingerprint density at radius 1 is 1.40 bits per heavy atom. The Hall–Kier alpha value is -1.32. The Balaban J connectivity index is 1.82. The lowest BCUT2D eigenvalue weighted by atomic mass is 9.62. The summed E-state index contributed by atoms with van der Waals surface area (Å²) in [5, 5.41) is 9.80. The van der Waals surface area contributed by atoms with Gasteiger partial charge in [0.25, 0.3) is 0 Å². The summed E-state index contributed by atoms with van der Waals surface area (Å²) in [7, 11) is 1.71. The van der Waals surface area contributed by atoms with Crippen molar-refractivity contribution in [3.63, 3.8) is 0 Å². The summed E-state index contributed by atoms with van der Waals surface area (Å²) in [6.07, 6.45) is 6.54. The lowest BCUT2D eigenvalue weighted by Gasteiger charge is -2.46. The Bertz CT molecular complexity index is 565. The average Bonchev–Trinajstić information content (AvgIpc) is 2.72. The van der Waals surface area contributed by atoms with E-state index in [1.165, 1.54) is 11.1 Å². The molecule has 1 spiro atoms. The third kappa shape index (κ3) is 1.48. The number of hydrogen-bond donors (Lipinski definition) is 1. The highest BCUT2D eigenvalue weighted by Crippen LogP contribution is 2.55. The van der Waals surface area contributed by atoms with Gasteiger partial charge in [0.2, 0.25) is 0 Å². The fourth-order valence-corrected chi connectivity index (χ4v) is 4.39. The predicted octanol–water partition coefficient (Wildman–Crippen LogP) is 2.29. The van der Waals surface area contributed by atoms with Gasteiger partial charge in [-0.05, 0) is 36.1 Å². The Labute approximate surface area is 119 Å². The van der Waals surface area contributed by atoms with Gasteiger partial charge in [0.1, 0.15) is 5.75 Å². The number of aliphatic hydroxyl groups excluding tert-OH is 1. The second kappa shape index (κ2) is 4.34. The van der Waals surface area contributed by atoms with Gasteiger partial charge in [0.15, 0.2) is 0 Å². The summed E-state index contributed by atoms with van der Waals surface area (Å²) >= 11 is 0. The van der Waals surface area contributed by atoms with Gasteiger partial charge in [-0.1, -0.05) is 18.2 Å². The van der Waals surface area contributed by atoms with E-state index in [0.29, 0.717) is 5.92 Å². The van der Waals surface area contributed by atoms with Crippen LogP contribution >= 0.6 is 0 Å². The van der Waals surface area contributed by atoms with Crippen molar-refractivity contribution in [2.75, 3.05) is 20.3 Å². The van der Waals surface area contributed by atoms with Gasteiger partial charge < -0.3 is 14.6 Å². The molecule has 0 saturated carbocycles. The molecule has 3 heteroatoms. The third-order valence-electron chi connectivity index (χ3n) is 5.43. The van der Waals surface area contributed by atoms with Gasteiger partial charge >= 0.3 is 0 Å². The molecule has 1 heterocycles. The molecule has 1 saturated heterocycles. The van der Waals surface area contributed by atoms with E-state index in [-0.39, 0.29) is 24.0 Å². The number of aliphatic hydroxyl groups is 1. The zero-order valence-electron chi connectivity index (χ0n) is 11.7. The van der Waals surface area contributed by atoms with Crippen molar-refractivity contribution < 1.29 is 14.6 Å². The van der Waals surface area contributed by atoms with E-state index in [2.05, 4.69) is 24.3 Å². The molecule has 1 N–H and O–H groups in total. The Kier molecular flexibility index (Phi) is 2.69. The molecular weight excluding hydrogens is 252 g/mol. The summed E-state index contributed by atoms with van der Waals surface area (Å²) in [5.74, 6) is 1.82. The lowest BCUT2D eigenvalue weighted by molar-refractivity contribution is -0.0570. The van der Waals surface area contributed by atoms with Crippen LogP contribution in [-0.2, 0) is 11.2 Å².